The maximum absolute atomic E-state index is 5.07. The van der Waals surface area contributed by atoms with Crippen molar-refractivity contribution >= 4 is 0 Å². The Kier molecular flexibility index (Phi) is 9.03. The summed E-state index contributed by atoms with van der Waals surface area (Å²) in [6.45, 7) is 11.7. The summed E-state index contributed by atoms with van der Waals surface area (Å²) in [4.78, 5) is 4.66. The third-order valence-electron chi connectivity index (χ3n) is 3.30. The molecular formula is C16H31NO. The van der Waals surface area contributed by atoms with E-state index in [1.807, 2.05) is 0 Å². The van der Waals surface area contributed by atoms with Gasteiger partial charge in [0.1, 0.15) is 0 Å². The minimum Gasteiger partial charge on any atom is -0.305 e. The first-order valence-electron chi connectivity index (χ1n) is 6.98. The first kappa shape index (κ1) is 17.4. The third-order valence-corrected chi connectivity index (χ3v) is 3.30. The molecule has 0 rings (SSSR count). The molecule has 0 saturated carbocycles. The van der Waals surface area contributed by atoms with E-state index in [1.165, 1.54) is 24.0 Å². The summed E-state index contributed by atoms with van der Waals surface area (Å²) in [6.07, 6.45) is 10.4. The van der Waals surface area contributed by atoms with Gasteiger partial charge in [-0.1, -0.05) is 37.1 Å². The standard InChI is InChI=1S/C16H31NO/c1-14(2)8-6-9-15(3)10-7-11-16(4,5)12-13-18-17/h8,10H,6-7,9,11-13,17H2,1-5H3/b15-10+. The summed E-state index contributed by atoms with van der Waals surface area (Å²) in [5.41, 5.74) is 3.22. The first-order valence-corrected chi connectivity index (χ1v) is 6.98. The summed E-state index contributed by atoms with van der Waals surface area (Å²) in [6, 6.07) is 0. The number of allylic oxidation sites excluding steroid dienone is 4. The predicted molar refractivity (Wildman–Crippen MR) is 80.2 cm³/mol. The predicted octanol–water partition coefficient (Wildman–Crippen LogP) is 4.77. The molecule has 0 bridgehead atoms. The molecule has 0 fully saturated rings. The normalized spacial score (nSPS) is 12.7. The van der Waals surface area contributed by atoms with E-state index in [4.69, 9.17) is 5.90 Å². The van der Waals surface area contributed by atoms with E-state index in [9.17, 15) is 0 Å². The quantitative estimate of drug-likeness (QED) is 0.474. The molecule has 0 aliphatic carbocycles. The highest BCUT2D eigenvalue weighted by Crippen LogP contribution is 2.27. The van der Waals surface area contributed by atoms with Crippen LogP contribution in [0.4, 0.5) is 0 Å². The first-order chi connectivity index (χ1) is 8.37. The van der Waals surface area contributed by atoms with Gasteiger partial charge in [-0.05, 0) is 58.3 Å². The molecule has 0 unspecified atom stereocenters. The van der Waals surface area contributed by atoms with E-state index in [1.54, 1.807) is 0 Å². The van der Waals surface area contributed by atoms with Crippen molar-refractivity contribution in [3.8, 4) is 0 Å². The van der Waals surface area contributed by atoms with Crippen LogP contribution in [-0.4, -0.2) is 6.61 Å². The lowest BCUT2D eigenvalue weighted by Gasteiger charge is -2.23. The molecular weight excluding hydrogens is 222 g/mol. The molecule has 2 nitrogen and oxygen atoms in total. The van der Waals surface area contributed by atoms with E-state index >= 15 is 0 Å². The van der Waals surface area contributed by atoms with Gasteiger partial charge in [-0.2, -0.15) is 0 Å². The molecule has 0 heterocycles. The molecule has 0 aliphatic rings. The lowest BCUT2D eigenvalue weighted by atomic mass is 9.84. The number of hydrogen-bond acceptors (Lipinski definition) is 2. The van der Waals surface area contributed by atoms with Gasteiger partial charge in [-0.15, -0.1) is 0 Å². The maximum atomic E-state index is 5.07. The lowest BCUT2D eigenvalue weighted by molar-refractivity contribution is 0.103. The molecule has 0 amide bonds. The van der Waals surface area contributed by atoms with Gasteiger partial charge in [0, 0.05) is 0 Å². The van der Waals surface area contributed by atoms with Crippen LogP contribution in [0, 0.1) is 5.41 Å². The van der Waals surface area contributed by atoms with Crippen LogP contribution in [0.25, 0.3) is 0 Å². The minimum absolute atomic E-state index is 0.316. The van der Waals surface area contributed by atoms with Crippen LogP contribution in [0.15, 0.2) is 23.3 Å². The summed E-state index contributed by atoms with van der Waals surface area (Å²) >= 11 is 0. The second-order valence-electron chi connectivity index (χ2n) is 6.19. The summed E-state index contributed by atoms with van der Waals surface area (Å²) in [5, 5.41) is 0. The Balaban J connectivity index is 3.88. The van der Waals surface area contributed by atoms with Crippen molar-refractivity contribution in [3.05, 3.63) is 23.3 Å². The van der Waals surface area contributed by atoms with Crippen molar-refractivity contribution in [3.63, 3.8) is 0 Å². The second-order valence-corrected chi connectivity index (χ2v) is 6.19. The molecule has 0 spiro atoms. The fourth-order valence-corrected chi connectivity index (χ4v) is 1.86. The van der Waals surface area contributed by atoms with Crippen LogP contribution in [0.5, 0.6) is 0 Å². The van der Waals surface area contributed by atoms with Crippen molar-refractivity contribution in [1.29, 1.82) is 0 Å². The fraction of sp³-hybridized carbons (Fsp3) is 0.750. The fourth-order valence-electron chi connectivity index (χ4n) is 1.86. The van der Waals surface area contributed by atoms with Gasteiger partial charge in [-0.3, -0.25) is 0 Å². The topological polar surface area (TPSA) is 35.2 Å². The van der Waals surface area contributed by atoms with Crippen molar-refractivity contribution in [1.82, 2.24) is 0 Å². The van der Waals surface area contributed by atoms with Gasteiger partial charge in [0.25, 0.3) is 0 Å². The summed E-state index contributed by atoms with van der Waals surface area (Å²) < 4.78 is 0. The van der Waals surface area contributed by atoms with E-state index in [2.05, 4.69) is 51.6 Å². The molecule has 2 heteroatoms. The zero-order valence-electron chi connectivity index (χ0n) is 12.9. The van der Waals surface area contributed by atoms with Gasteiger partial charge < -0.3 is 4.84 Å². The minimum atomic E-state index is 0.316. The van der Waals surface area contributed by atoms with Crippen LogP contribution in [0.3, 0.4) is 0 Å². The SMILES string of the molecule is CC(C)=CCC/C(C)=C/CCC(C)(C)CCON. The molecule has 2 N–H and O–H groups in total. The molecule has 18 heavy (non-hydrogen) atoms. The van der Waals surface area contributed by atoms with Crippen molar-refractivity contribution < 1.29 is 4.84 Å². The van der Waals surface area contributed by atoms with Gasteiger partial charge in [0.15, 0.2) is 0 Å². The van der Waals surface area contributed by atoms with Crippen LogP contribution in [-0.2, 0) is 4.84 Å². The van der Waals surface area contributed by atoms with E-state index in [-0.39, 0.29) is 0 Å². The molecule has 106 valence electrons. The zero-order chi connectivity index (χ0) is 14.0. The zero-order valence-corrected chi connectivity index (χ0v) is 12.9. The van der Waals surface area contributed by atoms with Crippen molar-refractivity contribution in [2.75, 3.05) is 6.61 Å². The molecule has 0 aromatic rings. The number of nitrogens with two attached hydrogens (primary N) is 1. The van der Waals surface area contributed by atoms with Crippen molar-refractivity contribution in [2.24, 2.45) is 11.3 Å². The molecule has 0 aromatic heterocycles. The highest BCUT2D eigenvalue weighted by atomic mass is 16.6. The van der Waals surface area contributed by atoms with Crippen LogP contribution >= 0.6 is 0 Å². The Bertz CT molecular complexity index is 273. The van der Waals surface area contributed by atoms with Crippen molar-refractivity contribution in [2.45, 2.75) is 66.7 Å². The second kappa shape index (κ2) is 9.35. The highest BCUT2D eigenvalue weighted by Gasteiger charge is 2.16. The molecule has 0 aromatic carbocycles. The van der Waals surface area contributed by atoms with Gasteiger partial charge in [0.2, 0.25) is 0 Å². The van der Waals surface area contributed by atoms with E-state index < -0.39 is 0 Å². The van der Waals surface area contributed by atoms with Gasteiger partial charge >= 0.3 is 0 Å². The largest absolute Gasteiger partial charge is 0.305 e. The Hall–Kier alpha value is -0.600. The smallest absolute Gasteiger partial charge is 0.0684 e. The van der Waals surface area contributed by atoms with Crippen LogP contribution < -0.4 is 5.90 Å². The Morgan fingerprint density at radius 3 is 2.28 bits per heavy atom. The Labute approximate surface area is 113 Å². The maximum Gasteiger partial charge on any atom is 0.0684 e. The Morgan fingerprint density at radius 1 is 1.06 bits per heavy atom. The number of rotatable bonds is 9. The number of hydrogen-bond donors (Lipinski definition) is 1. The van der Waals surface area contributed by atoms with Gasteiger partial charge in [-0.25, -0.2) is 5.90 Å². The summed E-state index contributed by atoms with van der Waals surface area (Å²) in [7, 11) is 0. The van der Waals surface area contributed by atoms with Crippen LogP contribution in [0.2, 0.25) is 0 Å². The molecule has 0 atom stereocenters. The average molecular weight is 253 g/mol. The molecule has 0 aliphatic heterocycles. The van der Waals surface area contributed by atoms with E-state index in [0.717, 1.165) is 19.3 Å². The lowest BCUT2D eigenvalue weighted by Crippen LogP contribution is -2.15. The van der Waals surface area contributed by atoms with Crippen LogP contribution in [0.1, 0.15) is 66.7 Å². The van der Waals surface area contributed by atoms with Gasteiger partial charge in [0.05, 0.1) is 6.61 Å². The molecule has 0 radical (unpaired) electrons. The molecule has 0 saturated heterocycles. The highest BCUT2D eigenvalue weighted by molar-refractivity contribution is 5.02. The third kappa shape index (κ3) is 10.5. The summed E-state index contributed by atoms with van der Waals surface area (Å²) in [5.74, 6) is 5.07. The van der Waals surface area contributed by atoms with E-state index in [0.29, 0.717) is 12.0 Å². The average Bonchev–Trinajstić information content (AvgIpc) is 2.25. The monoisotopic (exact) mass is 253 g/mol. The Morgan fingerprint density at radius 2 is 1.72 bits per heavy atom.